The zero-order chi connectivity index (χ0) is 14.4. The lowest BCUT2D eigenvalue weighted by Crippen LogP contribution is -2.37. The van der Waals surface area contributed by atoms with Crippen LogP contribution in [0.2, 0.25) is 0 Å². The van der Waals surface area contributed by atoms with Gasteiger partial charge in [-0.3, -0.25) is 0 Å². The number of aryl methyl sites for hydroxylation is 1. The topological polar surface area (TPSA) is 38.8 Å². The highest BCUT2D eigenvalue weighted by atomic mass is 19.1. The number of esters is 1. The number of carbonyl (C=O) groups is 1. The maximum Gasteiger partial charge on any atom is 0.341 e. The van der Waals surface area contributed by atoms with Gasteiger partial charge in [0.05, 0.1) is 7.11 Å². The molecule has 1 aliphatic heterocycles. The Morgan fingerprint density at radius 3 is 2.53 bits per heavy atom. The predicted molar refractivity (Wildman–Crippen MR) is 69.2 cm³/mol. The fraction of sp³-hybridized carbons (Fsp3) is 0.533. The van der Waals surface area contributed by atoms with Gasteiger partial charge in [0.25, 0.3) is 0 Å². The van der Waals surface area contributed by atoms with Gasteiger partial charge >= 0.3 is 5.97 Å². The maximum absolute atomic E-state index is 13.7. The first-order valence-corrected chi connectivity index (χ1v) is 6.35. The minimum Gasteiger partial charge on any atom is -0.467 e. The SMILES string of the molecule is COC(=O)C1(C(C)C)OC1(C)c1ccc(C)c(F)c1. The van der Waals surface area contributed by atoms with Gasteiger partial charge in [-0.2, -0.15) is 0 Å². The molecular weight excluding hydrogens is 247 g/mol. The van der Waals surface area contributed by atoms with E-state index in [1.807, 2.05) is 13.8 Å². The molecule has 2 rings (SSSR count). The van der Waals surface area contributed by atoms with Crippen molar-refractivity contribution < 1.29 is 18.7 Å². The van der Waals surface area contributed by atoms with Gasteiger partial charge in [0.15, 0.2) is 0 Å². The van der Waals surface area contributed by atoms with Crippen molar-refractivity contribution in [1.82, 2.24) is 0 Å². The molecule has 4 heteroatoms. The van der Waals surface area contributed by atoms with Crippen LogP contribution in [-0.4, -0.2) is 18.7 Å². The largest absolute Gasteiger partial charge is 0.467 e. The lowest BCUT2D eigenvalue weighted by Gasteiger charge is -2.19. The Bertz CT molecular complexity index is 526. The first kappa shape index (κ1) is 14.0. The molecule has 1 heterocycles. The number of benzene rings is 1. The molecule has 0 amide bonds. The van der Waals surface area contributed by atoms with Crippen molar-refractivity contribution in [3.8, 4) is 0 Å². The minimum atomic E-state index is -1.02. The van der Waals surface area contributed by atoms with Crippen LogP contribution in [-0.2, 0) is 19.9 Å². The lowest BCUT2D eigenvalue weighted by atomic mass is 9.80. The Balaban J connectivity index is 2.45. The molecule has 3 nitrogen and oxygen atoms in total. The second kappa shape index (κ2) is 4.30. The van der Waals surface area contributed by atoms with E-state index in [2.05, 4.69) is 0 Å². The number of halogens is 1. The molecule has 1 aliphatic rings. The number of ether oxygens (including phenoxy) is 2. The summed E-state index contributed by atoms with van der Waals surface area (Å²) < 4.78 is 24.3. The van der Waals surface area contributed by atoms with Gasteiger partial charge in [0, 0.05) is 0 Å². The Kier molecular flexibility index (Phi) is 3.17. The van der Waals surface area contributed by atoms with E-state index in [-0.39, 0.29) is 11.7 Å². The van der Waals surface area contributed by atoms with Gasteiger partial charge in [-0.15, -0.1) is 0 Å². The molecule has 0 saturated carbocycles. The van der Waals surface area contributed by atoms with Gasteiger partial charge in [0.1, 0.15) is 11.4 Å². The van der Waals surface area contributed by atoms with E-state index in [0.717, 1.165) is 0 Å². The first-order valence-electron chi connectivity index (χ1n) is 6.35. The number of hydrogen-bond donors (Lipinski definition) is 0. The van der Waals surface area contributed by atoms with Gasteiger partial charge in [-0.1, -0.05) is 26.0 Å². The van der Waals surface area contributed by atoms with Gasteiger partial charge in [-0.25, -0.2) is 9.18 Å². The zero-order valence-electron chi connectivity index (χ0n) is 11.9. The molecule has 0 radical (unpaired) electrons. The number of hydrogen-bond acceptors (Lipinski definition) is 3. The van der Waals surface area contributed by atoms with Crippen molar-refractivity contribution in [3.05, 3.63) is 35.1 Å². The Morgan fingerprint density at radius 1 is 1.42 bits per heavy atom. The average molecular weight is 266 g/mol. The number of carbonyl (C=O) groups excluding carboxylic acids is 1. The van der Waals surface area contributed by atoms with Crippen LogP contribution in [0.5, 0.6) is 0 Å². The lowest BCUT2D eigenvalue weighted by molar-refractivity contribution is -0.148. The summed E-state index contributed by atoms with van der Waals surface area (Å²) in [6.07, 6.45) is 0. The third-order valence-corrected chi connectivity index (χ3v) is 4.06. The van der Waals surface area contributed by atoms with E-state index in [1.165, 1.54) is 13.2 Å². The molecule has 1 aromatic carbocycles. The summed E-state index contributed by atoms with van der Waals surface area (Å²) in [4.78, 5) is 12.0. The molecule has 1 saturated heterocycles. The molecule has 0 N–H and O–H groups in total. The predicted octanol–water partition coefficient (Wildman–Crippen LogP) is 2.95. The summed E-state index contributed by atoms with van der Waals surface area (Å²) in [5.41, 5.74) is -0.623. The average Bonchev–Trinajstić information content (AvgIpc) is 3.01. The Hall–Kier alpha value is -1.42. The first-order chi connectivity index (χ1) is 8.79. The van der Waals surface area contributed by atoms with E-state index in [0.29, 0.717) is 11.1 Å². The Labute approximate surface area is 112 Å². The summed E-state index contributed by atoms with van der Waals surface area (Å²) in [5, 5.41) is 0. The van der Waals surface area contributed by atoms with Crippen LogP contribution in [0.15, 0.2) is 18.2 Å². The summed E-state index contributed by atoms with van der Waals surface area (Å²) in [6.45, 7) is 7.29. The molecule has 0 bridgehead atoms. The zero-order valence-corrected chi connectivity index (χ0v) is 11.9. The molecular formula is C15H19FO3. The van der Waals surface area contributed by atoms with Crippen molar-refractivity contribution in [3.63, 3.8) is 0 Å². The highest BCUT2D eigenvalue weighted by molar-refractivity contribution is 5.85. The van der Waals surface area contributed by atoms with Crippen LogP contribution in [0.3, 0.4) is 0 Å². The highest BCUT2D eigenvalue weighted by Crippen LogP contribution is 2.60. The smallest absolute Gasteiger partial charge is 0.341 e. The third-order valence-electron chi connectivity index (χ3n) is 4.06. The Morgan fingerprint density at radius 2 is 2.05 bits per heavy atom. The van der Waals surface area contributed by atoms with E-state index < -0.39 is 17.2 Å². The molecule has 0 spiro atoms. The van der Waals surface area contributed by atoms with E-state index >= 15 is 0 Å². The van der Waals surface area contributed by atoms with Crippen LogP contribution in [0.25, 0.3) is 0 Å². The molecule has 2 unspecified atom stereocenters. The van der Waals surface area contributed by atoms with Crippen molar-refractivity contribution in [1.29, 1.82) is 0 Å². The second-order valence-corrected chi connectivity index (χ2v) is 5.48. The number of methoxy groups -OCH3 is 1. The minimum absolute atomic E-state index is 0.0608. The molecule has 19 heavy (non-hydrogen) atoms. The van der Waals surface area contributed by atoms with Gasteiger partial charge in [-0.05, 0) is 37.0 Å². The van der Waals surface area contributed by atoms with Crippen LogP contribution in [0.4, 0.5) is 4.39 Å². The fourth-order valence-corrected chi connectivity index (χ4v) is 2.75. The number of epoxide rings is 1. The molecule has 0 aromatic heterocycles. The second-order valence-electron chi connectivity index (χ2n) is 5.48. The van der Waals surface area contributed by atoms with Crippen LogP contribution < -0.4 is 0 Å². The molecule has 1 aromatic rings. The summed E-state index contributed by atoms with van der Waals surface area (Å²) in [6, 6.07) is 4.92. The molecule has 1 fully saturated rings. The normalized spacial score (nSPS) is 29.4. The van der Waals surface area contributed by atoms with Crippen molar-refractivity contribution in [2.75, 3.05) is 7.11 Å². The van der Waals surface area contributed by atoms with E-state index in [4.69, 9.17) is 9.47 Å². The van der Waals surface area contributed by atoms with Crippen LogP contribution in [0, 0.1) is 18.7 Å². The van der Waals surface area contributed by atoms with Crippen LogP contribution >= 0.6 is 0 Å². The van der Waals surface area contributed by atoms with E-state index in [1.54, 1.807) is 26.0 Å². The standard InChI is InChI=1S/C15H19FO3/c1-9(2)15(13(17)18-5)14(4,19-15)11-7-6-10(3)12(16)8-11/h6-9H,1-5H3. The van der Waals surface area contributed by atoms with E-state index in [9.17, 15) is 9.18 Å². The summed E-state index contributed by atoms with van der Waals surface area (Å²) in [5.74, 6) is -0.767. The van der Waals surface area contributed by atoms with Crippen LogP contribution in [0.1, 0.15) is 31.9 Å². The molecule has 2 atom stereocenters. The molecule has 104 valence electrons. The summed E-state index contributed by atoms with van der Waals surface area (Å²) in [7, 11) is 1.34. The van der Waals surface area contributed by atoms with Crippen molar-refractivity contribution in [2.45, 2.75) is 38.9 Å². The fourth-order valence-electron chi connectivity index (χ4n) is 2.75. The molecule has 0 aliphatic carbocycles. The quantitative estimate of drug-likeness (QED) is 0.623. The maximum atomic E-state index is 13.7. The number of rotatable bonds is 3. The monoisotopic (exact) mass is 266 g/mol. The third kappa shape index (κ3) is 1.77. The summed E-state index contributed by atoms with van der Waals surface area (Å²) >= 11 is 0. The van der Waals surface area contributed by atoms with Gasteiger partial charge in [0.2, 0.25) is 5.60 Å². The van der Waals surface area contributed by atoms with Gasteiger partial charge < -0.3 is 9.47 Å². The highest BCUT2D eigenvalue weighted by Gasteiger charge is 2.75. The van der Waals surface area contributed by atoms with Crippen molar-refractivity contribution in [2.24, 2.45) is 5.92 Å². The van der Waals surface area contributed by atoms with Crippen molar-refractivity contribution >= 4 is 5.97 Å².